The molecule has 2 rings (SSSR count). The third-order valence-corrected chi connectivity index (χ3v) is 3.72. The first-order valence-corrected chi connectivity index (χ1v) is 8.27. The zero-order valence-electron chi connectivity index (χ0n) is 13.3. The summed E-state index contributed by atoms with van der Waals surface area (Å²) < 4.78 is 16.7. The lowest BCUT2D eigenvalue weighted by Crippen LogP contribution is -2.35. The molecule has 122 valence electrons. The molecule has 1 aliphatic heterocycles. The molecule has 0 N–H and O–H groups in total. The van der Waals surface area contributed by atoms with E-state index in [0.717, 1.165) is 18.4 Å². The highest BCUT2D eigenvalue weighted by atomic mass is 16.7. The third kappa shape index (κ3) is 5.78. The van der Waals surface area contributed by atoms with Gasteiger partial charge in [0.25, 0.3) is 0 Å². The molecular weight excluding hydrogens is 280 g/mol. The highest BCUT2D eigenvalue weighted by Gasteiger charge is 2.25. The van der Waals surface area contributed by atoms with Gasteiger partial charge >= 0.3 is 5.97 Å². The van der Waals surface area contributed by atoms with Crippen molar-refractivity contribution in [2.24, 2.45) is 0 Å². The van der Waals surface area contributed by atoms with Gasteiger partial charge in [0.05, 0.1) is 13.2 Å². The van der Waals surface area contributed by atoms with Gasteiger partial charge in [-0.15, -0.1) is 0 Å². The summed E-state index contributed by atoms with van der Waals surface area (Å²) in [6.07, 6.45) is 5.48. The quantitative estimate of drug-likeness (QED) is 0.538. The second-order valence-corrected chi connectivity index (χ2v) is 5.69. The SMILES string of the molecule is CCCCCCCC(=O)OC1COC(c2ccccc2)OC1. The van der Waals surface area contributed by atoms with E-state index in [-0.39, 0.29) is 18.4 Å². The summed E-state index contributed by atoms with van der Waals surface area (Å²) in [6.45, 7) is 2.96. The van der Waals surface area contributed by atoms with Crippen LogP contribution in [-0.2, 0) is 19.0 Å². The van der Waals surface area contributed by atoms with Crippen LogP contribution in [0.2, 0.25) is 0 Å². The van der Waals surface area contributed by atoms with Crippen LogP contribution < -0.4 is 0 Å². The Morgan fingerprint density at radius 2 is 1.77 bits per heavy atom. The molecule has 1 saturated heterocycles. The third-order valence-electron chi connectivity index (χ3n) is 3.72. The van der Waals surface area contributed by atoms with Crippen molar-refractivity contribution in [2.75, 3.05) is 13.2 Å². The molecule has 1 aliphatic rings. The number of carbonyl (C=O) groups is 1. The van der Waals surface area contributed by atoms with Crippen LogP contribution in [0.3, 0.4) is 0 Å². The summed E-state index contributed by atoms with van der Waals surface area (Å²) in [7, 11) is 0. The fourth-order valence-corrected chi connectivity index (χ4v) is 2.47. The second kappa shape index (κ2) is 9.59. The van der Waals surface area contributed by atoms with Crippen LogP contribution in [0.4, 0.5) is 0 Å². The Labute approximate surface area is 132 Å². The number of hydrogen-bond donors (Lipinski definition) is 0. The summed E-state index contributed by atoms with van der Waals surface area (Å²) in [5, 5.41) is 0. The Hall–Kier alpha value is -1.39. The molecule has 1 fully saturated rings. The van der Waals surface area contributed by atoms with E-state index < -0.39 is 0 Å². The first-order valence-electron chi connectivity index (χ1n) is 8.27. The van der Waals surface area contributed by atoms with E-state index >= 15 is 0 Å². The zero-order chi connectivity index (χ0) is 15.6. The fourth-order valence-electron chi connectivity index (χ4n) is 2.47. The van der Waals surface area contributed by atoms with E-state index in [1.807, 2.05) is 30.3 Å². The van der Waals surface area contributed by atoms with Crippen LogP contribution in [0.1, 0.15) is 57.3 Å². The summed E-state index contributed by atoms with van der Waals surface area (Å²) in [5.74, 6) is -0.146. The Morgan fingerprint density at radius 3 is 2.45 bits per heavy atom. The normalized spacial score (nSPS) is 21.5. The average Bonchev–Trinajstić information content (AvgIpc) is 2.56. The number of ether oxygens (including phenoxy) is 3. The topological polar surface area (TPSA) is 44.8 Å². The van der Waals surface area contributed by atoms with Gasteiger partial charge in [0.1, 0.15) is 6.10 Å². The maximum atomic E-state index is 11.8. The first-order chi connectivity index (χ1) is 10.8. The molecule has 4 heteroatoms. The molecule has 1 aromatic rings. The van der Waals surface area contributed by atoms with Crippen molar-refractivity contribution in [1.29, 1.82) is 0 Å². The molecule has 1 aromatic carbocycles. The fraction of sp³-hybridized carbons (Fsp3) is 0.611. The summed E-state index contributed by atoms with van der Waals surface area (Å²) in [5.41, 5.74) is 0.989. The van der Waals surface area contributed by atoms with Gasteiger partial charge in [0.2, 0.25) is 0 Å². The van der Waals surface area contributed by atoms with Crippen LogP contribution in [-0.4, -0.2) is 25.3 Å². The van der Waals surface area contributed by atoms with Gasteiger partial charge in [-0.25, -0.2) is 0 Å². The highest BCUT2D eigenvalue weighted by molar-refractivity contribution is 5.69. The lowest BCUT2D eigenvalue weighted by Gasteiger charge is -2.29. The van der Waals surface area contributed by atoms with Crippen molar-refractivity contribution in [2.45, 2.75) is 57.8 Å². The number of carbonyl (C=O) groups excluding carboxylic acids is 1. The molecule has 0 saturated carbocycles. The first kappa shape index (κ1) is 17.0. The maximum Gasteiger partial charge on any atom is 0.306 e. The van der Waals surface area contributed by atoms with Gasteiger partial charge in [-0.1, -0.05) is 62.9 Å². The molecule has 22 heavy (non-hydrogen) atoms. The lowest BCUT2D eigenvalue weighted by molar-refractivity contribution is -0.229. The molecule has 4 nitrogen and oxygen atoms in total. The van der Waals surface area contributed by atoms with E-state index in [9.17, 15) is 4.79 Å². The van der Waals surface area contributed by atoms with Gasteiger partial charge in [-0.2, -0.15) is 0 Å². The number of hydrogen-bond acceptors (Lipinski definition) is 4. The van der Waals surface area contributed by atoms with Crippen LogP contribution in [0.25, 0.3) is 0 Å². The molecule has 0 aliphatic carbocycles. The van der Waals surface area contributed by atoms with E-state index in [1.165, 1.54) is 19.3 Å². The Morgan fingerprint density at radius 1 is 1.09 bits per heavy atom. The van der Waals surface area contributed by atoms with Crippen molar-refractivity contribution in [3.8, 4) is 0 Å². The van der Waals surface area contributed by atoms with Crippen molar-refractivity contribution < 1.29 is 19.0 Å². The average molecular weight is 306 g/mol. The predicted molar refractivity (Wildman–Crippen MR) is 84.3 cm³/mol. The van der Waals surface area contributed by atoms with Crippen LogP contribution in [0.15, 0.2) is 30.3 Å². The smallest absolute Gasteiger partial charge is 0.306 e. The maximum absolute atomic E-state index is 11.8. The Kier molecular flexibility index (Phi) is 7.40. The summed E-state index contributed by atoms with van der Waals surface area (Å²) in [6, 6.07) is 9.79. The molecule has 0 aromatic heterocycles. The minimum absolute atomic E-state index is 0.146. The van der Waals surface area contributed by atoms with E-state index in [1.54, 1.807) is 0 Å². The summed E-state index contributed by atoms with van der Waals surface area (Å²) in [4.78, 5) is 11.8. The van der Waals surface area contributed by atoms with Crippen molar-refractivity contribution in [3.05, 3.63) is 35.9 Å². The predicted octanol–water partition coefficient (Wildman–Crippen LogP) is 4.00. The van der Waals surface area contributed by atoms with Gasteiger partial charge in [-0.3, -0.25) is 4.79 Å². The highest BCUT2D eigenvalue weighted by Crippen LogP contribution is 2.23. The van der Waals surface area contributed by atoms with Crippen molar-refractivity contribution >= 4 is 5.97 Å². The van der Waals surface area contributed by atoms with Gasteiger partial charge in [-0.05, 0) is 6.42 Å². The van der Waals surface area contributed by atoms with Gasteiger partial charge in [0, 0.05) is 12.0 Å². The van der Waals surface area contributed by atoms with E-state index in [4.69, 9.17) is 14.2 Å². The van der Waals surface area contributed by atoms with E-state index in [2.05, 4.69) is 6.92 Å². The van der Waals surface area contributed by atoms with Crippen LogP contribution in [0.5, 0.6) is 0 Å². The largest absolute Gasteiger partial charge is 0.457 e. The molecule has 0 atom stereocenters. The summed E-state index contributed by atoms with van der Waals surface area (Å²) >= 11 is 0. The Balaban J connectivity index is 1.62. The van der Waals surface area contributed by atoms with Gasteiger partial charge in [0.15, 0.2) is 6.29 Å². The number of unbranched alkanes of at least 4 members (excludes halogenated alkanes) is 4. The molecule has 0 spiro atoms. The molecule has 0 bridgehead atoms. The molecule has 0 amide bonds. The Bertz CT molecular complexity index is 424. The van der Waals surface area contributed by atoms with Crippen LogP contribution in [0, 0.1) is 0 Å². The monoisotopic (exact) mass is 306 g/mol. The molecule has 1 heterocycles. The minimum Gasteiger partial charge on any atom is -0.457 e. The molecule has 0 radical (unpaired) electrons. The molecular formula is C18H26O4. The molecule has 0 unspecified atom stereocenters. The minimum atomic E-state index is -0.356. The van der Waals surface area contributed by atoms with Crippen molar-refractivity contribution in [3.63, 3.8) is 0 Å². The zero-order valence-corrected chi connectivity index (χ0v) is 13.3. The standard InChI is InChI=1S/C18H26O4/c1-2-3-4-5-9-12-17(19)22-16-13-20-18(21-14-16)15-10-7-6-8-11-15/h6-8,10-11,16,18H,2-5,9,12-14H2,1H3. The number of esters is 1. The number of benzene rings is 1. The van der Waals surface area contributed by atoms with E-state index in [0.29, 0.717) is 19.6 Å². The second-order valence-electron chi connectivity index (χ2n) is 5.69. The van der Waals surface area contributed by atoms with Gasteiger partial charge < -0.3 is 14.2 Å². The van der Waals surface area contributed by atoms with Crippen LogP contribution >= 0.6 is 0 Å². The van der Waals surface area contributed by atoms with Crippen molar-refractivity contribution in [1.82, 2.24) is 0 Å². The number of rotatable bonds is 8. The lowest BCUT2D eigenvalue weighted by atomic mass is 10.1.